The smallest absolute Gasteiger partial charge is 0.316 e. The lowest BCUT2D eigenvalue weighted by atomic mass is 10.1. The maximum absolute atomic E-state index is 12.4. The molecule has 0 spiro atoms. The second-order valence-corrected chi connectivity index (χ2v) is 7.62. The third-order valence-corrected chi connectivity index (χ3v) is 5.38. The Bertz CT molecular complexity index is 1010. The zero-order valence-corrected chi connectivity index (χ0v) is 16.5. The van der Waals surface area contributed by atoms with Crippen LogP contribution in [0.3, 0.4) is 0 Å². The Hall–Kier alpha value is -3.13. The molecule has 1 unspecified atom stereocenters. The molecule has 2 N–H and O–H groups in total. The van der Waals surface area contributed by atoms with E-state index >= 15 is 0 Å². The molecule has 0 saturated carbocycles. The number of aromatic nitrogens is 3. The number of benzene rings is 2. The summed E-state index contributed by atoms with van der Waals surface area (Å²) in [5.41, 5.74) is 3.04. The summed E-state index contributed by atoms with van der Waals surface area (Å²) in [6, 6.07) is 14.7. The Morgan fingerprint density at radius 2 is 1.79 bits per heavy atom. The number of amides is 1. The Kier molecular flexibility index (Phi) is 5.79. The maximum Gasteiger partial charge on any atom is 0.316 e. The molecule has 0 saturated heterocycles. The molecule has 1 aromatic heterocycles. The van der Waals surface area contributed by atoms with Gasteiger partial charge in [-0.3, -0.25) is 9.59 Å². The zero-order chi connectivity index (χ0) is 20.3. The summed E-state index contributed by atoms with van der Waals surface area (Å²) in [5, 5.41) is 20.1. The van der Waals surface area contributed by atoms with Crippen LogP contribution >= 0.6 is 11.8 Å². The van der Waals surface area contributed by atoms with Gasteiger partial charge in [-0.1, -0.05) is 30.0 Å². The summed E-state index contributed by atoms with van der Waals surface area (Å²) in [7, 11) is 1.79. The van der Waals surface area contributed by atoms with Crippen LogP contribution in [0, 0.1) is 6.92 Å². The number of hydrogen-bond donors (Lipinski definition) is 2. The number of carbonyl (C=O) groups excluding carboxylic acids is 1. The van der Waals surface area contributed by atoms with Gasteiger partial charge in [0.25, 0.3) is 5.91 Å². The molecule has 28 heavy (non-hydrogen) atoms. The summed E-state index contributed by atoms with van der Waals surface area (Å²) < 4.78 is 1.75. The van der Waals surface area contributed by atoms with Crippen molar-refractivity contribution in [2.24, 2.45) is 7.05 Å². The van der Waals surface area contributed by atoms with Gasteiger partial charge >= 0.3 is 5.97 Å². The van der Waals surface area contributed by atoms with Crippen LogP contribution < -0.4 is 5.32 Å². The Labute approximate surface area is 166 Å². The highest BCUT2D eigenvalue weighted by Crippen LogP contribution is 2.26. The van der Waals surface area contributed by atoms with Gasteiger partial charge in [0.05, 0.1) is 0 Å². The second-order valence-electron chi connectivity index (χ2n) is 6.31. The molecule has 0 bridgehead atoms. The lowest BCUT2D eigenvalue weighted by Crippen LogP contribution is -2.13. The van der Waals surface area contributed by atoms with Crippen LogP contribution in [0.1, 0.15) is 22.8 Å². The van der Waals surface area contributed by atoms with Crippen molar-refractivity contribution in [3.05, 3.63) is 59.7 Å². The van der Waals surface area contributed by atoms with Gasteiger partial charge in [-0.15, -0.1) is 10.2 Å². The molecule has 0 fully saturated rings. The highest BCUT2D eigenvalue weighted by Gasteiger charge is 2.18. The number of thioether (sulfide) groups is 1. The minimum Gasteiger partial charge on any atom is -0.480 e. The van der Waals surface area contributed by atoms with Gasteiger partial charge < -0.3 is 15.0 Å². The van der Waals surface area contributed by atoms with Crippen molar-refractivity contribution >= 4 is 29.3 Å². The Balaban J connectivity index is 1.74. The second kappa shape index (κ2) is 8.26. The summed E-state index contributed by atoms with van der Waals surface area (Å²) in [4.78, 5) is 23.4. The molecule has 0 aliphatic rings. The molecule has 2 aromatic carbocycles. The molecule has 0 radical (unpaired) electrons. The van der Waals surface area contributed by atoms with Crippen molar-refractivity contribution in [2.75, 3.05) is 5.32 Å². The molecule has 144 valence electrons. The monoisotopic (exact) mass is 396 g/mol. The van der Waals surface area contributed by atoms with Crippen LogP contribution in [0.25, 0.3) is 11.4 Å². The zero-order valence-electron chi connectivity index (χ0n) is 15.7. The first-order chi connectivity index (χ1) is 13.4. The number of anilines is 1. The number of nitrogens with zero attached hydrogens (tertiary/aromatic N) is 3. The highest BCUT2D eigenvalue weighted by molar-refractivity contribution is 8.00. The van der Waals surface area contributed by atoms with Gasteiger partial charge in [0.2, 0.25) is 0 Å². The lowest BCUT2D eigenvalue weighted by Gasteiger charge is -2.09. The SMILES string of the molecule is Cc1ccccc1C(=O)Nc1ccc(-c2nnc(SC(C)C(=O)O)n2C)cc1. The van der Waals surface area contributed by atoms with Crippen molar-refractivity contribution in [3.63, 3.8) is 0 Å². The topological polar surface area (TPSA) is 97.1 Å². The van der Waals surface area contributed by atoms with E-state index in [1.165, 1.54) is 0 Å². The number of carboxylic acids is 1. The first-order valence-electron chi connectivity index (χ1n) is 8.63. The third kappa shape index (κ3) is 4.23. The molecule has 7 nitrogen and oxygen atoms in total. The van der Waals surface area contributed by atoms with Crippen LogP contribution in [-0.4, -0.2) is 37.0 Å². The fraction of sp³-hybridized carbons (Fsp3) is 0.200. The van der Waals surface area contributed by atoms with E-state index in [0.29, 0.717) is 22.2 Å². The molecular weight excluding hydrogens is 376 g/mol. The minimum absolute atomic E-state index is 0.161. The standard InChI is InChI=1S/C20H20N4O3S/c1-12-6-4-5-7-16(12)18(25)21-15-10-8-14(9-11-15)17-22-23-20(24(17)3)28-13(2)19(26)27/h4-11,13H,1-3H3,(H,21,25)(H,26,27). The first kappa shape index (κ1) is 19.6. The first-order valence-corrected chi connectivity index (χ1v) is 9.51. The average molecular weight is 396 g/mol. The summed E-state index contributed by atoms with van der Waals surface area (Å²) >= 11 is 1.14. The van der Waals surface area contributed by atoms with E-state index in [1.54, 1.807) is 36.7 Å². The summed E-state index contributed by atoms with van der Waals surface area (Å²) in [6.07, 6.45) is 0. The van der Waals surface area contributed by atoms with Crippen molar-refractivity contribution in [2.45, 2.75) is 24.3 Å². The van der Waals surface area contributed by atoms with Gasteiger partial charge in [0.1, 0.15) is 5.25 Å². The normalized spacial score (nSPS) is 11.8. The largest absolute Gasteiger partial charge is 0.480 e. The van der Waals surface area contributed by atoms with Crippen molar-refractivity contribution < 1.29 is 14.7 Å². The number of hydrogen-bond acceptors (Lipinski definition) is 5. The molecule has 0 aliphatic carbocycles. The summed E-state index contributed by atoms with van der Waals surface area (Å²) in [6.45, 7) is 3.50. The number of aryl methyl sites for hydroxylation is 1. The van der Waals surface area contributed by atoms with E-state index in [9.17, 15) is 9.59 Å². The number of carboxylic acid groups (broad SMARTS) is 1. The van der Waals surface area contributed by atoms with Gasteiger partial charge in [0, 0.05) is 23.9 Å². The van der Waals surface area contributed by atoms with E-state index in [4.69, 9.17) is 5.11 Å². The van der Waals surface area contributed by atoms with Crippen LogP contribution in [0.15, 0.2) is 53.7 Å². The van der Waals surface area contributed by atoms with E-state index < -0.39 is 11.2 Å². The molecular formula is C20H20N4O3S. The fourth-order valence-electron chi connectivity index (χ4n) is 2.61. The number of carbonyl (C=O) groups is 2. The van der Waals surface area contributed by atoms with Gasteiger partial charge in [-0.05, 0) is 49.7 Å². The number of rotatable bonds is 6. The van der Waals surface area contributed by atoms with Gasteiger partial charge in [0.15, 0.2) is 11.0 Å². The van der Waals surface area contributed by atoms with Gasteiger partial charge in [-0.25, -0.2) is 0 Å². The van der Waals surface area contributed by atoms with E-state index in [1.807, 2.05) is 37.3 Å². The maximum atomic E-state index is 12.4. The molecule has 1 heterocycles. The predicted molar refractivity (Wildman–Crippen MR) is 109 cm³/mol. The van der Waals surface area contributed by atoms with Crippen LogP contribution in [0.5, 0.6) is 0 Å². The third-order valence-electron chi connectivity index (χ3n) is 4.26. The lowest BCUT2D eigenvalue weighted by molar-refractivity contribution is -0.136. The molecule has 0 aliphatic heterocycles. The molecule has 1 atom stereocenters. The van der Waals surface area contributed by atoms with Gasteiger partial charge in [-0.2, -0.15) is 0 Å². The Morgan fingerprint density at radius 3 is 2.43 bits per heavy atom. The van der Waals surface area contributed by atoms with Crippen LogP contribution in [-0.2, 0) is 11.8 Å². The van der Waals surface area contributed by atoms with E-state index in [2.05, 4.69) is 15.5 Å². The molecule has 3 aromatic rings. The van der Waals surface area contributed by atoms with Crippen molar-refractivity contribution in [1.29, 1.82) is 0 Å². The molecule has 3 rings (SSSR count). The van der Waals surface area contributed by atoms with Crippen molar-refractivity contribution in [3.8, 4) is 11.4 Å². The fourth-order valence-corrected chi connectivity index (χ4v) is 3.36. The predicted octanol–water partition coefficient (Wildman–Crippen LogP) is 3.61. The number of aliphatic carboxylic acids is 1. The quantitative estimate of drug-likeness (QED) is 0.618. The average Bonchev–Trinajstić information content (AvgIpc) is 3.03. The molecule has 1 amide bonds. The highest BCUT2D eigenvalue weighted by atomic mass is 32.2. The van der Waals surface area contributed by atoms with Crippen LogP contribution in [0.2, 0.25) is 0 Å². The molecule has 8 heteroatoms. The number of nitrogens with one attached hydrogen (secondary N) is 1. The van der Waals surface area contributed by atoms with Crippen LogP contribution in [0.4, 0.5) is 5.69 Å². The van der Waals surface area contributed by atoms with Crippen molar-refractivity contribution in [1.82, 2.24) is 14.8 Å². The Morgan fingerprint density at radius 1 is 1.11 bits per heavy atom. The van der Waals surface area contributed by atoms with E-state index in [0.717, 1.165) is 22.9 Å². The minimum atomic E-state index is -0.900. The summed E-state index contributed by atoms with van der Waals surface area (Å²) in [5.74, 6) is -0.439. The van der Waals surface area contributed by atoms with E-state index in [-0.39, 0.29) is 5.91 Å².